The zero-order valence-corrected chi connectivity index (χ0v) is 10.9. The van der Waals surface area contributed by atoms with Gasteiger partial charge in [-0.15, -0.1) is 0 Å². The lowest BCUT2D eigenvalue weighted by molar-refractivity contribution is 0.305. The molecule has 0 radical (unpaired) electrons. The number of rotatable bonds is 4. The van der Waals surface area contributed by atoms with Crippen molar-refractivity contribution in [2.75, 3.05) is 0 Å². The lowest BCUT2D eigenvalue weighted by Gasteiger charge is -2.07. The molecular weight excluding hydrogens is 276 g/mol. The second kappa shape index (κ2) is 5.75. The number of aromatic nitrogens is 1. The van der Waals surface area contributed by atoms with E-state index < -0.39 is 11.6 Å². The average molecular weight is 287 g/mol. The van der Waals surface area contributed by atoms with Gasteiger partial charge in [-0.05, 0) is 42.0 Å². The van der Waals surface area contributed by atoms with Gasteiger partial charge in [-0.2, -0.15) is 0 Å². The minimum Gasteiger partial charge on any atom is -0.489 e. The van der Waals surface area contributed by atoms with E-state index in [0.717, 1.165) is 23.4 Å². The van der Waals surface area contributed by atoms with Crippen LogP contribution in [0.15, 0.2) is 59.3 Å². The summed E-state index contributed by atoms with van der Waals surface area (Å²) in [5.41, 5.74) is 2.21. The summed E-state index contributed by atoms with van der Waals surface area (Å²) in [7, 11) is 0. The van der Waals surface area contributed by atoms with Gasteiger partial charge in [0.05, 0.1) is 0 Å². The molecule has 106 valence electrons. The topological polar surface area (TPSA) is 35.3 Å². The Morgan fingerprint density at radius 1 is 0.952 bits per heavy atom. The highest BCUT2D eigenvalue weighted by molar-refractivity contribution is 5.59. The van der Waals surface area contributed by atoms with E-state index in [4.69, 9.17) is 9.26 Å². The van der Waals surface area contributed by atoms with Crippen LogP contribution >= 0.6 is 0 Å². The van der Waals surface area contributed by atoms with Crippen LogP contribution in [0.4, 0.5) is 8.78 Å². The monoisotopic (exact) mass is 287 g/mol. The Kier molecular flexibility index (Phi) is 3.64. The Bertz CT molecular complexity index is 725. The summed E-state index contributed by atoms with van der Waals surface area (Å²) in [4.78, 5) is 0. The molecule has 0 atom stereocenters. The Balaban J connectivity index is 1.66. The van der Waals surface area contributed by atoms with Crippen molar-refractivity contribution >= 4 is 0 Å². The largest absolute Gasteiger partial charge is 0.489 e. The van der Waals surface area contributed by atoms with Crippen molar-refractivity contribution in [3.63, 3.8) is 0 Å². The van der Waals surface area contributed by atoms with Crippen molar-refractivity contribution in [1.82, 2.24) is 5.16 Å². The van der Waals surface area contributed by atoms with Gasteiger partial charge in [-0.1, -0.05) is 11.2 Å². The highest BCUT2D eigenvalue weighted by Gasteiger charge is 2.04. The lowest BCUT2D eigenvalue weighted by atomic mass is 10.1. The molecule has 3 aromatic rings. The first-order chi connectivity index (χ1) is 10.2. The summed E-state index contributed by atoms with van der Waals surface area (Å²) < 4.78 is 36.2. The van der Waals surface area contributed by atoms with Crippen LogP contribution in [-0.2, 0) is 6.61 Å². The Labute approximate surface area is 119 Å². The molecule has 0 aliphatic rings. The standard InChI is InChI=1S/C16H11F2NO2/c17-14-6-1-11(9-15(14)18)10-20-13-4-2-12(3-5-13)16-7-8-21-19-16/h1-9H,10H2. The molecule has 3 rings (SSSR count). The molecule has 1 heterocycles. The molecule has 2 aromatic carbocycles. The number of ether oxygens (including phenoxy) is 1. The molecule has 0 saturated heterocycles. The van der Waals surface area contributed by atoms with E-state index >= 15 is 0 Å². The number of hydrogen-bond acceptors (Lipinski definition) is 3. The SMILES string of the molecule is Fc1ccc(COc2ccc(-c3ccon3)cc2)cc1F. The predicted molar refractivity (Wildman–Crippen MR) is 72.6 cm³/mol. The maximum atomic E-state index is 13.1. The molecular formula is C16H11F2NO2. The Morgan fingerprint density at radius 2 is 1.76 bits per heavy atom. The third-order valence-corrected chi connectivity index (χ3v) is 2.98. The van der Waals surface area contributed by atoms with Crippen LogP contribution in [-0.4, -0.2) is 5.16 Å². The van der Waals surface area contributed by atoms with E-state index in [0.29, 0.717) is 11.3 Å². The van der Waals surface area contributed by atoms with E-state index in [2.05, 4.69) is 5.16 Å². The van der Waals surface area contributed by atoms with Gasteiger partial charge in [-0.3, -0.25) is 0 Å². The molecule has 0 saturated carbocycles. The zero-order valence-electron chi connectivity index (χ0n) is 10.9. The van der Waals surface area contributed by atoms with Gasteiger partial charge in [0.15, 0.2) is 11.6 Å². The molecule has 0 bridgehead atoms. The molecule has 5 heteroatoms. The third-order valence-electron chi connectivity index (χ3n) is 2.98. The fourth-order valence-electron chi connectivity index (χ4n) is 1.88. The molecule has 0 N–H and O–H groups in total. The summed E-state index contributed by atoms with van der Waals surface area (Å²) in [5, 5.41) is 3.83. The molecule has 0 amide bonds. The van der Waals surface area contributed by atoms with Crippen molar-refractivity contribution in [1.29, 1.82) is 0 Å². The number of benzene rings is 2. The van der Waals surface area contributed by atoms with Crippen LogP contribution in [0, 0.1) is 11.6 Å². The van der Waals surface area contributed by atoms with E-state index in [9.17, 15) is 8.78 Å². The minimum absolute atomic E-state index is 0.167. The Hall–Kier alpha value is -2.69. The fraction of sp³-hybridized carbons (Fsp3) is 0.0625. The van der Waals surface area contributed by atoms with Crippen molar-refractivity contribution in [2.45, 2.75) is 6.61 Å². The van der Waals surface area contributed by atoms with Gasteiger partial charge < -0.3 is 9.26 Å². The average Bonchev–Trinajstić information content (AvgIpc) is 3.03. The first-order valence-electron chi connectivity index (χ1n) is 6.30. The molecule has 3 nitrogen and oxygen atoms in total. The Morgan fingerprint density at radius 3 is 2.43 bits per heavy atom. The molecule has 0 aliphatic carbocycles. The third kappa shape index (κ3) is 3.08. The van der Waals surface area contributed by atoms with E-state index in [1.165, 1.54) is 12.3 Å². The van der Waals surface area contributed by atoms with Gasteiger partial charge in [-0.25, -0.2) is 8.78 Å². The summed E-state index contributed by atoms with van der Waals surface area (Å²) in [6.45, 7) is 0.167. The molecule has 1 aromatic heterocycles. The first kappa shape index (κ1) is 13.3. The van der Waals surface area contributed by atoms with Crippen LogP contribution in [0.2, 0.25) is 0 Å². The maximum Gasteiger partial charge on any atom is 0.159 e. The van der Waals surface area contributed by atoms with Crippen molar-refractivity contribution < 1.29 is 18.0 Å². The highest BCUT2D eigenvalue weighted by atomic mass is 19.2. The van der Waals surface area contributed by atoms with Gasteiger partial charge in [0.2, 0.25) is 0 Å². The van der Waals surface area contributed by atoms with Crippen LogP contribution < -0.4 is 4.74 Å². The quantitative estimate of drug-likeness (QED) is 0.721. The van der Waals surface area contributed by atoms with Crippen molar-refractivity contribution in [2.24, 2.45) is 0 Å². The van der Waals surface area contributed by atoms with E-state index in [-0.39, 0.29) is 6.61 Å². The maximum absolute atomic E-state index is 13.1. The summed E-state index contributed by atoms with van der Waals surface area (Å²) in [6.07, 6.45) is 1.50. The molecule has 21 heavy (non-hydrogen) atoms. The summed E-state index contributed by atoms with van der Waals surface area (Å²) in [6, 6.07) is 12.7. The number of nitrogens with zero attached hydrogens (tertiary/aromatic N) is 1. The van der Waals surface area contributed by atoms with Crippen LogP contribution in [0.1, 0.15) is 5.56 Å². The van der Waals surface area contributed by atoms with Crippen molar-refractivity contribution in [3.8, 4) is 17.0 Å². The van der Waals surface area contributed by atoms with Crippen LogP contribution in [0.5, 0.6) is 5.75 Å². The summed E-state index contributed by atoms with van der Waals surface area (Å²) in [5.74, 6) is -1.11. The fourth-order valence-corrected chi connectivity index (χ4v) is 1.88. The van der Waals surface area contributed by atoms with Gasteiger partial charge in [0, 0.05) is 11.6 Å². The predicted octanol–water partition coefficient (Wildman–Crippen LogP) is 4.20. The highest BCUT2D eigenvalue weighted by Crippen LogP contribution is 2.21. The van der Waals surface area contributed by atoms with E-state index in [1.54, 1.807) is 18.2 Å². The molecule has 0 fully saturated rings. The molecule has 0 aliphatic heterocycles. The first-order valence-corrected chi connectivity index (χ1v) is 6.30. The van der Waals surface area contributed by atoms with Crippen LogP contribution in [0.25, 0.3) is 11.3 Å². The van der Waals surface area contributed by atoms with Gasteiger partial charge in [0.25, 0.3) is 0 Å². The number of hydrogen-bond donors (Lipinski definition) is 0. The smallest absolute Gasteiger partial charge is 0.159 e. The zero-order chi connectivity index (χ0) is 14.7. The summed E-state index contributed by atoms with van der Waals surface area (Å²) >= 11 is 0. The van der Waals surface area contributed by atoms with Gasteiger partial charge in [0.1, 0.15) is 24.3 Å². The van der Waals surface area contributed by atoms with E-state index in [1.807, 2.05) is 12.1 Å². The minimum atomic E-state index is -0.877. The van der Waals surface area contributed by atoms with Gasteiger partial charge >= 0.3 is 0 Å². The molecule has 0 unspecified atom stereocenters. The normalized spacial score (nSPS) is 10.6. The second-order valence-electron chi connectivity index (χ2n) is 4.45. The van der Waals surface area contributed by atoms with Crippen molar-refractivity contribution in [3.05, 3.63) is 72.0 Å². The number of halogens is 2. The molecule has 0 spiro atoms. The lowest BCUT2D eigenvalue weighted by Crippen LogP contribution is -1.97. The second-order valence-corrected chi connectivity index (χ2v) is 4.45. The van der Waals surface area contributed by atoms with Crippen LogP contribution in [0.3, 0.4) is 0 Å².